The van der Waals surface area contributed by atoms with Crippen LogP contribution in [-0.2, 0) is 11.8 Å². The van der Waals surface area contributed by atoms with Crippen molar-refractivity contribution < 1.29 is 9.59 Å². The van der Waals surface area contributed by atoms with Gasteiger partial charge in [0.1, 0.15) is 0 Å². The maximum Gasteiger partial charge on any atom is 0.222 e. The molecule has 0 aliphatic heterocycles. The van der Waals surface area contributed by atoms with Crippen LogP contribution in [0.15, 0.2) is 24.0 Å². The molecular weight excluding hydrogens is 278 g/mol. The van der Waals surface area contributed by atoms with Crippen LogP contribution in [0, 0.1) is 34.5 Å². The Bertz CT molecular complexity index is 687. The Morgan fingerprint density at radius 3 is 2.55 bits per heavy atom. The van der Waals surface area contributed by atoms with Gasteiger partial charge in [-0.05, 0) is 25.2 Å². The second kappa shape index (κ2) is 5.53. The minimum atomic E-state index is -1.28. The summed E-state index contributed by atoms with van der Waals surface area (Å²) >= 11 is 0. The summed E-state index contributed by atoms with van der Waals surface area (Å²) in [7, 11) is 1.67. The Morgan fingerprint density at radius 1 is 1.45 bits per heavy atom. The molecule has 0 spiro atoms. The van der Waals surface area contributed by atoms with Crippen molar-refractivity contribution in [2.45, 2.75) is 27.7 Å². The van der Waals surface area contributed by atoms with Gasteiger partial charge >= 0.3 is 0 Å². The van der Waals surface area contributed by atoms with Crippen molar-refractivity contribution >= 4 is 11.6 Å². The molecular formula is C17H21N3O2. The van der Waals surface area contributed by atoms with E-state index in [0.29, 0.717) is 0 Å². The van der Waals surface area contributed by atoms with E-state index >= 15 is 0 Å². The molecule has 2 rings (SSSR count). The molecule has 0 bridgehead atoms. The molecule has 0 aromatic carbocycles. The first-order chi connectivity index (χ1) is 10.2. The van der Waals surface area contributed by atoms with Gasteiger partial charge in [-0.15, -0.1) is 0 Å². The summed E-state index contributed by atoms with van der Waals surface area (Å²) in [6, 6.07) is 1.88. The summed E-state index contributed by atoms with van der Waals surface area (Å²) in [5.41, 5.74) is 0.933. The minimum absolute atomic E-state index is 0.0926. The van der Waals surface area contributed by atoms with Crippen molar-refractivity contribution in [2.24, 2.45) is 30.2 Å². The Morgan fingerprint density at radius 2 is 2.09 bits per heavy atom. The molecule has 0 radical (unpaired) electrons. The van der Waals surface area contributed by atoms with Gasteiger partial charge in [0.25, 0.3) is 0 Å². The van der Waals surface area contributed by atoms with Gasteiger partial charge in [-0.25, -0.2) is 4.98 Å². The van der Waals surface area contributed by atoms with Crippen molar-refractivity contribution in [1.82, 2.24) is 9.55 Å². The maximum atomic E-state index is 12.7. The molecule has 1 fully saturated rings. The van der Waals surface area contributed by atoms with Gasteiger partial charge < -0.3 is 4.57 Å². The molecule has 22 heavy (non-hydrogen) atoms. The number of aryl methyl sites for hydroxylation is 1. The smallest absolute Gasteiger partial charge is 0.222 e. The SMILES string of the molecule is CC(C)=C[C@@H]1[C@@H](C(=O)[C@H](C#N)C(=O)c2nccn2C)C1(C)C. The van der Waals surface area contributed by atoms with Gasteiger partial charge in [0, 0.05) is 25.4 Å². The van der Waals surface area contributed by atoms with Crippen molar-refractivity contribution in [1.29, 1.82) is 5.26 Å². The van der Waals surface area contributed by atoms with Gasteiger partial charge in [0.2, 0.25) is 5.78 Å². The predicted octanol–water partition coefficient (Wildman–Crippen LogP) is 2.55. The average molecular weight is 299 g/mol. The van der Waals surface area contributed by atoms with Crippen LogP contribution in [0.1, 0.15) is 38.3 Å². The molecule has 1 aromatic rings. The molecule has 1 heterocycles. The predicted molar refractivity (Wildman–Crippen MR) is 81.8 cm³/mol. The van der Waals surface area contributed by atoms with Gasteiger partial charge in [-0.3, -0.25) is 9.59 Å². The first kappa shape index (κ1) is 16.2. The van der Waals surface area contributed by atoms with Crippen LogP contribution in [0.4, 0.5) is 0 Å². The van der Waals surface area contributed by atoms with Crippen LogP contribution in [-0.4, -0.2) is 21.1 Å². The topological polar surface area (TPSA) is 75.8 Å². The normalized spacial score (nSPS) is 23.3. The van der Waals surface area contributed by atoms with E-state index in [1.807, 2.05) is 33.8 Å². The third-order valence-corrected chi connectivity index (χ3v) is 4.45. The Hall–Kier alpha value is -2.22. The van der Waals surface area contributed by atoms with Crippen LogP contribution in [0.2, 0.25) is 0 Å². The van der Waals surface area contributed by atoms with Crippen molar-refractivity contribution in [3.63, 3.8) is 0 Å². The Balaban J connectivity index is 2.25. The second-order valence-electron chi connectivity index (χ2n) is 6.76. The van der Waals surface area contributed by atoms with E-state index in [2.05, 4.69) is 11.1 Å². The fourth-order valence-electron chi connectivity index (χ4n) is 3.05. The quantitative estimate of drug-likeness (QED) is 0.475. The zero-order chi connectivity index (χ0) is 16.7. The number of imidazole rings is 1. The number of Topliss-reactive ketones (excluding diaryl/α,β-unsaturated/α-hetero) is 2. The third kappa shape index (κ3) is 2.61. The lowest BCUT2D eigenvalue weighted by Crippen LogP contribution is -2.27. The van der Waals surface area contributed by atoms with Crippen LogP contribution in [0.3, 0.4) is 0 Å². The number of nitrogens with zero attached hydrogens (tertiary/aromatic N) is 3. The molecule has 1 aliphatic carbocycles. The molecule has 1 aromatic heterocycles. The number of ketones is 2. The average Bonchev–Trinajstić information content (AvgIpc) is 2.76. The number of carbonyl (C=O) groups excluding carboxylic acids is 2. The highest BCUT2D eigenvalue weighted by atomic mass is 16.2. The van der Waals surface area contributed by atoms with E-state index in [-0.39, 0.29) is 28.9 Å². The number of hydrogen-bond acceptors (Lipinski definition) is 4. The maximum absolute atomic E-state index is 12.7. The molecule has 1 aliphatic rings. The summed E-state index contributed by atoms with van der Waals surface area (Å²) in [5, 5.41) is 9.33. The van der Waals surface area contributed by atoms with Crippen molar-refractivity contribution in [2.75, 3.05) is 0 Å². The fourth-order valence-corrected chi connectivity index (χ4v) is 3.05. The van der Waals surface area contributed by atoms with Crippen molar-refractivity contribution in [3.8, 4) is 6.07 Å². The molecule has 0 unspecified atom stereocenters. The van der Waals surface area contributed by atoms with E-state index in [0.717, 1.165) is 5.57 Å². The minimum Gasteiger partial charge on any atom is -0.332 e. The van der Waals surface area contributed by atoms with E-state index in [9.17, 15) is 14.9 Å². The lowest BCUT2D eigenvalue weighted by atomic mass is 9.93. The van der Waals surface area contributed by atoms with E-state index < -0.39 is 11.7 Å². The Labute approximate surface area is 130 Å². The summed E-state index contributed by atoms with van der Waals surface area (Å²) in [6.45, 7) is 7.96. The molecule has 0 N–H and O–H groups in total. The number of carbonyl (C=O) groups is 2. The van der Waals surface area contributed by atoms with Gasteiger partial charge in [0.15, 0.2) is 17.5 Å². The zero-order valence-electron chi connectivity index (χ0n) is 13.6. The first-order valence-electron chi connectivity index (χ1n) is 7.31. The highest BCUT2D eigenvalue weighted by Gasteiger charge is 2.61. The molecule has 5 nitrogen and oxygen atoms in total. The second-order valence-corrected chi connectivity index (χ2v) is 6.76. The van der Waals surface area contributed by atoms with Gasteiger partial charge in [-0.2, -0.15) is 5.26 Å². The molecule has 0 saturated heterocycles. The third-order valence-electron chi connectivity index (χ3n) is 4.45. The zero-order valence-corrected chi connectivity index (χ0v) is 13.6. The molecule has 0 amide bonds. The van der Waals surface area contributed by atoms with Crippen LogP contribution < -0.4 is 0 Å². The highest BCUT2D eigenvalue weighted by molar-refractivity contribution is 6.12. The molecule has 3 atom stereocenters. The fraction of sp³-hybridized carbons (Fsp3) is 0.529. The van der Waals surface area contributed by atoms with Gasteiger partial charge in [0.05, 0.1) is 6.07 Å². The number of rotatable bonds is 5. The Kier molecular flexibility index (Phi) is 4.06. The summed E-state index contributed by atoms with van der Waals surface area (Å²) < 4.78 is 1.53. The van der Waals surface area contributed by atoms with Crippen LogP contribution in [0.5, 0.6) is 0 Å². The van der Waals surface area contributed by atoms with Crippen molar-refractivity contribution in [3.05, 3.63) is 29.9 Å². The first-order valence-corrected chi connectivity index (χ1v) is 7.31. The summed E-state index contributed by atoms with van der Waals surface area (Å²) in [6.07, 6.45) is 5.17. The number of hydrogen-bond donors (Lipinski definition) is 0. The van der Waals surface area contributed by atoms with E-state index in [1.54, 1.807) is 13.2 Å². The number of nitriles is 1. The van der Waals surface area contributed by atoms with Crippen LogP contribution in [0.25, 0.3) is 0 Å². The summed E-state index contributed by atoms with van der Waals surface area (Å²) in [5.74, 6) is -2.12. The highest BCUT2D eigenvalue weighted by Crippen LogP contribution is 2.60. The largest absolute Gasteiger partial charge is 0.332 e. The van der Waals surface area contributed by atoms with E-state index in [1.165, 1.54) is 10.8 Å². The molecule has 5 heteroatoms. The van der Waals surface area contributed by atoms with Gasteiger partial charge in [-0.1, -0.05) is 25.5 Å². The van der Waals surface area contributed by atoms with Crippen LogP contribution >= 0.6 is 0 Å². The number of aromatic nitrogens is 2. The molecule has 1 saturated carbocycles. The standard InChI is InChI=1S/C17H21N3O2/c1-10(2)8-12-13(17(12,3)4)14(21)11(9-18)15(22)16-19-6-7-20(16)5/h6-8,11-13H,1-5H3/t11-,12+,13-/m0/s1. The lowest BCUT2D eigenvalue weighted by Gasteiger charge is -2.08. The number of allylic oxidation sites excluding steroid dienone is 2. The lowest BCUT2D eigenvalue weighted by molar-refractivity contribution is -0.122. The van der Waals surface area contributed by atoms with E-state index in [4.69, 9.17) is 0 Å². The molecule has 116 valence electrons. The monoisotopic (exact) mass is 299 g/mol. The summed E-state index contributed by atoms with van der Waals surface area (Å²) in [4.78, 5) is 29.1.